The molecule has 0 radical (unpaired) electrons. The van der Waals surface area contributed by atoms with Gasteiger partial charge in [-0.2, -0.15) is 4.31 Å². The van der Waals surface area contributed by atoms with Gasteiger partial charge in [0.15, 0.2) is 0 Å². The number of hydrogen-bond acceptors (Lipinski definition) is 4. The number of H-pyrrole nitrogens is 1. The highest BCUT2D eigenvalue weighted by Crippen LogP contribution is 2.30. The van der Waals surface area contributed by atoms with Gasteiger partial charge in [-0.1, -0.05) is 12.1 Å². The molecule has 0 bridgehead atoms. The monoisotopic (exact) mass is 465 g/mol. The number of carbonyl (C=O) groups excluding carboxylic acids is 1. The van der Waals surface area contributed by atoms with Crippen LogP contribution in [0.5, 0.6) is 0 Å². The minimum absolute atomic E-state index is 0.0271. The molecule has 172 valence electrons. The van der Waals surface area contributed by atoms with Gasteiger partial charge in [0, 0.05) is 36.3 Å². The third-order valence-corrected chi connectivity index (χ3v) is 8.71. The van der Waals surface area contributed by atoms with E-state index in [4.69, 9.17) is 0 Å². The summed E-state index contributed by atoms with van der Waals surface area (Å²) in [5.41, 5.74) is 3.84. The molecule has 33 heavy (non-hydrogen) atoms. The van der Waals surface area contributed by atoms with Crippen LogP contribution in [0.2, 0.25) is 0 Å². The van der Waals surface area contributed by atoms with Crippen LogP contribution in [0.3, 0.4) is 0 Å². The summed E-state index contributed by atoms with van der Waals surface area (Å²) in [5, 5.41) is 3.78. The number of aromatic amines is 1. The normalized spacial score (nSPS) is 17.6. The number of anilines is 1. The quantitative estimate of drug-likeness (QED) is 0.616. The van der Waals surface area contributed by atoms with Crippen molar-refractivity contribution in [3.8, 4) is 0 Å². The largest absolute Gasteiger partial charge is 0.326 e. The Kier molecular flexibility index (Phi) is 5.80. The fourth-order valence-electron chi connectivity index (χ4n) is 4.93. The Morgan fingerprint density at radius 1 is 1.00 bits per heavy atom. The Morgan fingerprint density at radius 3 is 2.61 bits per heavy atom. The second kappa shape index (κ2) is 8.76. The zero-order chi connectivity index (χ0) is 23.0. The van der Waals surface area contributed by atoms with E-state index in [1.807, 2.05) is 12.1 Å². The molecule has 2 N–H and O–H groups in total. The summed E-state index contributed by atoms with van der Waals surface area (Å²) >= 11 is 0. The first-order chi connectivity index (χ1) is 15.9. The SMILES string of the molecule is O=C(Nc1cccc2c1CCCC2)C1CCN(S(=O)(=O)c2ccc3[nH]c(=O)ccc3c2)CC1. The molecule has 1 fully saturated rings. The molecule has 1 aliphatic carbocycles. The fraction of sp³-hybridized carbons (Fsp3) is 0.360. The lowest BCUT2D eigenvalue weighted by molar-refractivity contribution is -0.120. The molecule has 0 atom stereocenters. The van der Waals surface area contributed by atoms with Gasteiger partial charge in [0.05, 0.1) is 4.90 Å². The topological polar surface area (TPSA) is 99.3 Å². The van der Waals surface area contributed by atoms with Crippen LogP contribution in [0.1, 0.15) is 36.8 Å². The van der Waals surface area contributed by atoms with Gasteiger partial charge >= 0.3 is 0 Å². The van der Waals surface area contributed by atoms with Crippen LogP contribution >= 0.6 is 0 Å². The van der Waals surface area contributed by atoms with Crippen LogP contribution in [0.25, 0.3) is 10.9 Å². The molecule has 2 heterocycles. The van der Waals surface area contributed by atoms with Crippen molar-refractivity contribution < 1.29 is 13.2 Å². The molecule has 2 aliphatic rings. The van der Waals surface area contributed by atoms with E-state index in [2.05, 4.69) is 16.4 Å². The molecular weight excluding hydrogens is 438 g/mol. The van der Waals surface area contributed by atoms with E-state index >= 15 is 0 Å². The number of rotatable bonds is 4. The summed E-state index contributed by atoms with van der Waals surface area (Å²) in [6.45, 7) is 0.605. The minimum Gasteiger partial charge on any atom is -0.326 e. The molecular formula is C25H27N3O4S. The van der Waals surface area contributed by atoms with Gasteiger partial charge in [-0.3, -0.25) is 9.59 Å². The van der Waals surface area contributed by atoms with Crippen molar-refractivity contribution >= 4 is 32.5 Å². The van der Waals surface area contributed by atoms with E-state index in [0.717, 1.165) is 24.9 Å². The highest BCUT2D eigenvalue weighted by Gasteiger charge is 2.32. The predicted octanol–water partition coefficient (Wildman–Crippen LogP) is 3.45. The summed E-state index contributed by atoms with van der Waals surface area (Å²) < 4.78 is 27.8. The van der Waals surface area contributed by atoms with E-state index in [1.54, 1.807) is 18.2 Å². The first kappa shape index (κ1) is 21.9. The van der Waals surface area contributed by atoms with Gasteiger partial charge in [-0.25, -0.2) is 8.42 Å². The number of aromatic nitrogens is 1. The molecule has 0 saturated carbocycles. The number of piperidine rings is 1. The van der Waals surface area contributed by atoms with E-state index in [1.165, 1.54) is 34.0 Å². The molecule has 3 aromatic rings. The number of nitrogens with zero attached hydrogens (tertiary/aromatic N) is 1. The lowest BCUT2D eigenvalue weighted by Crippen LogP contribution is -2.41. The van der Waals surface area contributed by atoms with Gasteiger partial charge in [0.25, 0.3) is 0 Å². The number of pyridine rings is 1. The Hall–Kier alpha value is -2.97. The molecule has 0 unspecified atom stereocenters. The van der Waals surface area contributed by atoms with Crippen LogP contribution in [0, 0.1) is 5.92 Å². The fourth-order valence-corrected chi connectivity index (χ4v) is 6.44. The summed E-state index contributed by atoms with van der Waals surface area (Å²) in [7, 11) is -3.67. The Morgan fingerprint density at radius 2 is 1.79 bits per heavy atom. The average Bonchev–Trinajstić information content (AvgIpc) is 2.84. The highest BCUT2D eigenvalue weighted by molar-refractivity contribution is 7.89. The van der Waals surface area contributed by atoms with Gasteiger partial charge in [0.1, 0.15) is 0 Å². The second-order valence-corrected chi connectivity index (χ2v) is 10.8. The van der Waals surface area contributed by atoms with Crippen molar-refractivity contribution in [3.05, 3.63) is 70.0 Å². The first-order valence-corrected chi connectivity index (χ1v) is 12.9. The number of benzene rings is 2. The van der Waals surface area contributed by atoms with E-state index in [9.17, 15) is 18.0 Å². The number of carbonyl (C=O) groups is 1. The molecule has 7 nitrogen and oxygen atoms in total. The van der Waals surface area contributed by atoms with E-state index in [-0.39, 0.29) is 22.3 Å². The van der Waals surface area contributed by atoms with Crippen LogP contribution in [-0.4, -0.2) is 36.7 Å². The number of amides is 1. The number of fused-ring (bicyclic) bond motifs is 2. The Labute approximate surface area is 192 Å². The van der Waals surface area contributed by atoms with E-state index < -0.39 is 10.0 Å². The van der Waals surface area contributed by atoms with Gasteiger partial charge in [-0.05, 0) is 85.4 Å². The summed E-state index contributed by atoms with van der Waals surface area (Å²) in [5.74, 6) is -0.238. The molecule has 1 saturated heterocycles. The summed E-state index contributed by atoms with van der Waals surface area (Å²) in [6, 6.07) is 13.8. The van der Waals surface area contributed by atoms with Crippen LogP contribution in [-0.2, 0) is 27.7 Å². The van der Waals surface area contributed by atoms with Crippen molar-refractivity contribution in [1.82, 2.24) is 9.29 Å². The van der Waals surface area contributed by atoms with Crippen molar-refractivity contribution in [3.63, 3.8) is 0 Å². The van der Waals surface area contributed by atoms with Crippen molar-refractivity contribution in [2.24, 2.45) is 5.92 Å². The Balaban J connectivity index is 1.26. The maximum absolute atomic E-state index is 13.2. The smallest absolute Gasteiger partial charge is 0.248 e. The maximum atomic E-state index is 13.2. The van der Waals surface area contributed by atoms with Crippen molar-refractivity contribution in [1.29, 1.82) is 0 Å². The number of hydrogen-bond donors (Lipinski definition) is 2. The van der Waals surface area contributed by atoms with Gasteiger partial charge in [0.2, 0.25) is 21.5 Å². The third kappa shape index (κ3) is 4.32. The number of sulfonamides is 1. The molecule has 1 amide bonds. The minimum atomic E-state index is -3.67. The van der Waals surface area contributed by atoms with E-state index in [0.29, 0.717) is 36.8 Å². The van der Waals surface area contributed by atoms with Crippen LogP contribution < -0.4 is 10.9 Å². The number of nitrogens with one attached hydrogen (secondary N) is 2. The second-order valence-electron chi connectivity index (χ2n) is 8.89. The first-order valence-electron chi connectivity index (χ1n) is 11.5. The molecule has 5 rings (SSSR count). The standard InChI is InChI=1S/C25H27N3O4S/c29-24-11-8-19-16-20(9-10-22(19)26-24)33(31,32)28-14-12-18(13-15-28)25(30)27-23-7-3-5-17-4-1-2-6-21(17)23/h3,5,7-11,16,18H,1-2,4,6,12-15H2,(H,26,29)(H,27,30). The van der Waals surface area contributed by atoms with Crippen molar-refractivity contribution in [2.45, 2.75) is 43.4 Å². The lowest BCUT2D eigenvalue weighted by Gasteiger charge is -2.31. The highest BCUT2D eigenvalue weighted by atomic mass is 32.2. The third-order valence-electron chi connectivity index (χ3n) is 6.81. The average molecular weight is 466 g/mol. The summed E-state index contributed by atoms with van der Waals surface area (Å²) in [4.78, 5) is 27.3. The zero-order valence-corrected chi connectivity index (χ0v) is 19.2. The Bertz CT molecular complexity index is 1370. The zero-order valence-electron chi connectivity index (χ0n) is 18.3. The van der Waals surface area contributed by atoms with Crippen molar-refractivity contribution in [2.75, 3.05) is 18.4 Å². The van der Waals surface area contributed by atoms with Crippen LogP contribution in [0.4, 0.5) is 5.69 Å². The molecule has 1 aliphatic heterocycles. The lowest BCUT2D eigenvalue weighted by atomic mass is 9.90. The maximum Gasteiger partial charge on any atom is 0.248 e. The van der Waals surface area contributed by atoms with Gasteiger partial charge < -0.3 is 10.3 Å². The van der Waals surface area contributed by atoms with Crippen LogP contribution in [0.15, 0.2) is 58.2 Å². The van der Waals surface area contributed by atoms with Gasteiger partial charge in [-0.15, -0.1) is 0 Å². The predicted molar refractivity (Wildman–Crippen MR) is 128 cm³/mol. The number of aryl methyl sites for hydroxylation is 1. The molecule has 1 aromatic heterocycles. The molecule has 2 aromatic carbocycles. The summed E-state index contributed by atoms with van der Waals surface area (Å²) in [6.07, 6.45) is 5.34. The molecule has 8 heteroatoms. The molecule has 0 spiro atoms.